The van der Waals surface area contributed by atoms with Crippen LogP contribution in [0.3, 0.4) is 0 Å². The van der Waals surface area contributed by atoms with Crippen molar-refractivity contribution in [2.45, 2.75) is 17.1 Å². The first-order valence-electron chi connectivity index (χ1n) is 4.33. The quantitative estimate of drug-likeness (QED) is 0.645. The van der Waals surface area contributed by atoms with E-state index in [2.05, 4.69) is 15.9 Å². The highest BCUT2D eigenvalue weighted by molar-refractivity contribution is 9.09. The second-order valence-corrected chi connectivity index (χ2v) is 5.11. The summed E-state index contributed by atoms with van der Waals surface area (Å²) in [6.45, 7) is 0. The predicted octanol–water partition coefficient (Wildman–Crippen LogP) is 1.13. The lowest BCUT2D eigenvalue weighted by atomic mass is 10.1. The average Bonchev–Trinajstić information content (AvgIpc) is 2.26. The summed E-state index contributed by atoms with van der Waals surface area (Å²) in [6.07, 6.45) is -2.66. The summed E-state index contributed by atoms with van der Waals surface area (Å²) in [7, 11) is -4.91. The highest BCUT2D eigenvalue weighted by Gasteiger charge is 2.25. The number of alkyl halides is 1. The Morgan fingerprint density at radius 1 is 1.31 bits per heavy atom. The zero-order chi connectivity index (χ0) is 12.3. The summed E-state index contributed by atoms with van der Waals surface area (Å²) in [4.78, 5) is -0.623. The van der Waals surface area contributed by atoms with Crippen LogP contribution in [0.5, 0.6) is 0 Å². The third-order valence-electron chi connectivity index (χ3n) is 2.02. The van der Waals surface area contributed by atoms with Crippen molar-refractivity contribution in [3.63, 3.8) is 0 Å². The van der Waals surface area contributed by atoms with E-state index in [0.717, 1.165) is 6.07 Å². The van der Waals surface area contributed by atoms with Crippen LogP contribution in [0.1, 0.15) is 11.7 Å². The molecule has 0 fully saturated rings. The maximum absolute atomic E-state index is 12.9. The van der Waals surface area contributed by atoms with Gasteiger partial charge in [0.25, 0.3) is 0 Å². The van der Waals surface area contributed by atoms with Crippen LogP contribution in [-0.2, 0) is 10.2 Å². The fourth-order valence-electron chi connectivity index (χ4n) is 1.24. The van der Waals surface area contributed by atoms with Gasteiger partial charge in [-0.3, -0.25) is 0 Å². The molecule has 4 nitrogen and oxygen atoms in total. The maximum atomic E-state index is 12.9. The molecule has 2 atom stereocenters. The van der Waals surface area contributed by atoms with Crippen molar-refractivity contribution in [3.05, 3.63) is 29.8 Å². The monoisotopic (exact) mass is 312 g/mol. The molecule has 1 rings (SSSR count). The van der Waals surface area contributed by atoms with Crippen molar-refractivity contribution in [2.24, 2.45) is 0 Å². The molecule has 0 aliphatic heterocycles. The Bertz CT molecular complexity index is 462. The van der Waals surface area contributed by atoms with Gasteiger partial charge in [0.2, 0.25) is 0 Å². The van der Waals surface area contributed by atoms with Gasteiger partial charge < -0.3 is 10.2 Å². The van der Waals surface area contributed by atoms with Gasteiger partial charge in [-0.15, -0.1) is 3.89 Å². The van der Waals surface area contributed by atoms with Gasteiger partial charge in [-0.25, -0.2) is 0 Å². The van der Waals surface area contributed by atoms with Crippen molar-refractivity contribution >= 4 is 26.2 Å². The fourth-order valence-corrected chi connectivity index (χ4v) is 2.30. The lowest BCUT2D eigenvalue weighted by Crippen LogP contribution is -2.21. The minimum absolute atomic E-state index is 0.0504. The van der Waals surface area contributed by atoms with Crippen LogP contribution >= 0.6 is 15.9 Å². The molecule has 16 heavy (non-hydrogen) atoms. The van der Waals surface area contributed by atoms with Gasteiger partial charge in [0, 0.05) is 10.9 Å². The van der Waals surface area contributed by atoms with E-state index in [1.165, 1.54) is 18.2 Å². The number of hydrogen-bond acceptors (Lipinski definition) is 4. The summed E-state index contributed by atoms with van der Waals surface area (Å²) >= 11 is 2.93. The number of rotatable bonds is 4. The van der Waals surface area contributed by atoms with Crippen LogP contribution in [0.4, 0.5) is 3.89 Å². The molecular formula is C9H10BrFO4S. The van der Waals surface area contributed by atoms with Crippen molar-refractivity contribution in [2.75, 3.05) is 5.33 Å². The normalized spacial score (nSPS) is 15.8. The summed E-state index contributed by atoms with van der Waals surface area (Å²) in [6, 6.07) is 5.08. The Kier molecular flexibility index (Phi) is 4.43. The van der Waals surface area contributed by atoms with E-state index in [9.17, 15) is 22.5 Å². The number of aliphatic hydroxyl groups is 2. The molecule has 0 saturated heterocycles. The first kappa shape index (κ1) is 13.6. The van der Waals surface area contributed by atoms with Gasteiger partial charge in [-0.1, -0.05) is 34.1 Å². The van der Waals surface area contributed by atoms with Crippen LogP contribution < -0.4 is 0 Å². The van der Waals surface area contributed by atoms with E-state index in [1.54, 1.807) is 0 Å². The van der Waals surface area contributed by atoms with Gasteiger partial charge in [-0.2, -0.15) is 8.42 Å². The van der Waals surface area contributed by atoms with E-state index < -0.39 is 27.3 Å². The molecule has 0 aliphatic rings. The lowest BCUT2D eigenvalue weighted by Gasteiger charge is -2.17. The Balaban J connectivity index is 3.24. The van der Waals surface area contributed by atoms with Crippen LogP contribution in [-0.4, -0.2) is 30.1 Å². The predicted molar refractivity (Wildman–Crippen MR) is 59.5 cm³/mol. The summed E-state index contributed by atoms with van der Waals surface area (Å²) < 4.78 is 34.5. The number of hydrogen-bond donors (Lipinski definition) is 2. The summed E-state index contributed by atoms with van der Waals surface area (Å²) in [5.74, 6) is 0. The third kappa shape index (κ3) is 3.00. The van der Waals surface area contributed by atoms with Crippen LogP contribution in [0, 0.1) is 0 Å². The van der Waals surface area contributed by atoms with Gasteiger partial charge in [-0.05, 0) is 6.07 Å². The first-order chi connectivity index (χ1) is 7.38. The lowest BCUT2D eigenvalue weighted by molar-refractivity contribution is 0.0325. The van der Waals surface area contributed by atoms with E-state index in [4.69, 9.17) is 0 Å². The molecule has 0 bridgehead atoms. The number of halogens is 2. The largest absolute Gasteiger partial charge is 0.389 e. The number of aliphatic hydroxyl groups excluding tert-OH is 2. The minimum atomic E-state index is -4.91. The minimum Gasteiger partial charge on any atom is -0.389 e. The van der Waals surface area contributed by atoms with Crippen LogP contribution in [0.25, 0.3) is 0 Å². The number of benzene rings is 1. The van der Waals surface area contributed by atoms with Crippen molar-refractivity contribution in [3.8, 4) is 0 Å². The molecule has 0 spiro atoms. The Hall–Kier alpha value is -0.500. The van der Waals surface area contributed by atoms with Gasteiger partial charge in [0.05, 0.1) is 6.10 Å². The smallest absolute Gasteiger partial charge is 0.332 e. The standard InChI is InChI=1S/C9H10BrFO4S/c10-5-7(12)9(13)6-3-1-2-4-8(6)16(11,14)15/h1-4,7,9,12-13H,5H2. The molecule has 90 valence electrons. The molecule has 0 heterocycles. The zero-order valence-electron chi connectivity index (χ0n) is 8.05. The molecule has 0 radical (unpaired) electrons. The van der Waals surface area contributed by atoms with E-state index in [-0.39, 0.29) is 10.9 Å². The molecule has 0 amide bonds. The molecule has 1 aromatic rings. The second-order valence-electron chi connectivity index (χ2n) is 3.14. The average molecular weight is 313 g/mol. The molecular weight excluding hydrogens is 303 g/mol. The van der Waals surface area contributed by atoms with Crippen LogP contribution in [0.15, 0.2) is 29.2 Å². The second kappa shape index (κ2) is 5.22. The zero-order valence-corrected chi connectivity index (χ0v) is 10.4. The Morgan fingerprint density at radius 2 is 1.88 bits per heavy atom. The van der Waals surface area contributed by atoms with Crippen molar-refractivity contribution in [1.82, 2.24) is 0 Å². The van der Waals surface area contributed by atoms with Gasteiger partial charge in [0.15, 0.2) is 0 Å². The highest BCUT2D eigenvalue weighted by atomic mass is 79.9. The first-order valence-corrected chi connectivity index (χ1v) is 6.84. The van der Waals surface area contributed by atoms with E-state index >= 15 is 0 Å². The van der Waals surface area contributed by atoms with Gasteiger partial charge in [0.1, 0.15) is 11.0 Å². The van der Waals surface area contributed by atoms with E-state index in [0.29, 0.717) is 0 Å². The van der Waals surface area contributed by atoms with Crippen molar-refractivity contribution in [1.29, 1.82) is 0 Å². The molecule has 0 aromatic heterocycles. The molecule has 7 heteroatoms. The topological polar surface area (TPSA) is 74.6 Å². The Labute approximate surface area is 101 Å². The summed E-state index contributed by atoms with van der Waals surface area (Å²) in [5.41, 5.74) is -0.156. The van der Waals surface area contributed by atoms with Gasteiger partial charge >= 0.3 is 10.2 Å². The Morgan fingerprint density at radius 3 is 2.38 bits per heavy atom. The maximum Gasteiger partial charge on any atom is 0.332 e. The molecule has 2 unspecified atom stereocenters. The van der Waals surface area contributed by atoms with E-state index in [1.807, 2.05) is 0 Å². The molecule has 0 aliphatic carbocycles. The molecule has 0 saturated carbocycles. The van der Waals surface area contributed by atoms with Crippen LogP contribution in [0.2, 0.25) is 0 Å². The fraction of sp³-hybridized carbons (Fsp3) is 0.333. The third-order valence-corrected chi connectivity index (χ3v) is 3.58. The molecule has 2 N–H and O–H groups in total. The summed E-state index contributed by atoms with van der Waals surface area (Å²) in [5, 5.41) is 19.0. The SMILES string of the molecule is O=S(=O)(F)c1ccccc1C(O)C(O)CBr. The highest BCUT2D eigenvalue weighted by Crippen LogP contribution is 2.26. The molecule has 1 aromatic carbocycles. The van der Waals surface area contributed by atoms with Crippen molar-refractivity contribution < 1.29 is 22.5 Å².